The third-order valence-corrected chi connectivity index (χ3v) is 3.60. The molecule has 1 aromatic heterocycles. The highest BCUT2D eigenvalue weighted by molar-refractivity contribution is 5.73. The average molecular weight is 315 g/mol. The van der Waals surface area contributed by atoms with E-state index in [4.69, 9.17) is 4.74 Å². The van der Waals surface area contributed by atoms with E-state index in [9.17, 15) is 4.79 Å². The van der Waals surface area contributed by atoms with Crippen LogP contribution in [0.5, 0.6) is 5.75 Å². The van der Waals surface area contributed by atoms with Gasteiger partial charge in [0.15, 0.2) is 6.29 Å². The van der Waals surface area contributed by atoms with Crippen molar-refractivity contribution >= 4 is 6.29 Å². The van der Waals surface area contributed by atoms with Crippen molar-refractivity contribution in [3.8, 4) is 5.75 Å². The molecule has 0 N–H and O–H groups in total. The molecule has 2 rings (SSSR count). The maximum absolute atomic E-state index is 11.0. The summed E-state index contributed by atoms with van der Waals surface area (Å²) in [6.45, 7) is 7.75. The van der Waals surface area contributed by atoms with Crippen LogP contribution in [0.3, 0.4) is 0 Å². The number of rotatable bonds is 9. The summed E-state index contributed by atoms with van der Waals surface area (Å²) < 4.78 is 7.60. The van der Waals surface area contributed by atoms with Gasteiger partial charge in [0.25, 0.3) is 0 Å². The number of unbranched alkanes of at least 4 members (excludes halogenated alkanes) is 1. The second kappa shape index (κ2) is 8.46. The van der Waals surface area contributed by atoms with E-state index in [2.05, 4.69) is 37.1 Å². The van der Waals surface area contributed by atoms with Gasteiger partial charge in [-0.15, -0.1) is 5.10 Å². The standard InChI is InChI=1S/C18H25N3O2/c1-14(2)11-18-17(13-22)19-20-21(18)9-4-5-10-23-16-8-6-7-15(3)12-16/h6-8,12-14H,4-5,9-11H2,1-3H3. The number of aryl methyl sites for hydroxylation is 2. The quantitative estimate of drug-likeness (QED) is 0.525. The van der Waals surface area contributed by atoms with Crippen LogP contribution in [0, 0.1) is 12.8 Å². The molecule has 0 spiro atoms. The summed E-state index contributed by atoms with van der Waals surface area (Å²) in [5.41, 5.74) is 2.61. The zero-order valence-electron chi connectivity index (χ0n) is 14.2. The molecule has 1 heterocycles. The molecule has 124 valence electrons. The van der Waals surface area contributed by atoms with E-state index in [1.54, 1.807) is 0 Å². The van der Waals surface area contributed by atoms with Crippen molar-refractivity contribution < 1.29 is 9.53 Å². The number of hydrogen-bond acceptors (Lipinski definition) is 4. The summed E-state index contributed by atoms with van der Waals surface area (Å²) in [5, 5.41) is 8.06. The second-order valence-electron chi connectivity index (χ2n) is 6.23. The van der Waals surface area contributed by atoms with Crippen molar-refractivity contribution in [2.75, 3.05) is 6.61 Å². The van der Waals surface area contributed by atoms with Gasteiger partial charge in [0.1, 0.15) is 11.4 Å². The van der Waals surface area contributed by atoms with Crippen LogP contribution in [-0.4, -0.2) is 27.9 Å². The van der Waals surface area contributed by atoms with Crippen LogP contribution in [0.15, 0.2) is 24.3 Å². The fourth-order valence-electron chi connectivity index (χ4n) is 2.47. The van der Waals surface area contributed by atoms with Gasteiger partial charge in [-0.2, -0.15) is 0 Å². The van der Waals surface area contributed by atoms with Crippen molar-refractivity contribution in [2.24, 2.45) is 5.92 Å². The summed E-state index contributed by atoms with van der Waals surface area (Å²) >= 11 is 0. The highest BCUT2D eigenvalue weighted by atomic mass is 16.5. The van der Waals surface area contributed by atoms with Crippen LogP contribution < -0.4 is 4.74 Å². The number of aromatic nitrogens is 3. The minimum Gasteiger partial charge on any atom is -0.494 e. The molecule has 0 fully saturated rings. The van der Waals surface area contributed by atoms with Crippen molar-refractivity contribution in [3.63, 3.8) is 0 Å². The summed E-state index contributed by atoms with van der Waals surface area (Å²) in [5.74, 6) is 1.38. The summed E-state index contributed by atoms with van der Waals surface area (Å²) in [6.07, 6.45) is 3.49. The minimum absolute atomic E-state index is 0.467. The lowest BCUT2D eigenvalue weighted by atomic mass is 10.1. The third-order valence-electron chi connectivity index (χ3n) is 3.60. The Kier molecular flexibility index (Phi) is 6.32. The first kappa shape index (κ1) is 17.2. The van der Waals surface area contributed by atoms with Gasteiger partial charge in [-0.05, 0) is 49.8 Å². The van der Waals surface area contributed by atoms with E-state index in [0.29, 0.717) is 18.2 Å². The molecular weight excluding hydrogens is 290 g/mol. The third kappa shape index (κ3) is 5.20. The molecule has 0 saturated heterocycles. The molecule has 0 aliphatic heterocycles. The van der Waals surface area contributed by atoms with Crippen molar-refractivity contribution in [3.05, 3.63) is 41.2 Å². The van der Waals surface area contributed by atoms with Crippen LogP contribution >= 0.6 is 0 Å². The monoisotopic (exact) mass is 315 g/mol. The normalized spacial score (nSPS) is 11.0. The summed E-state index contributed by atoms with van der Waals surface area (Å²) in [6, 6.07) is 8.06. The van der Waals surface area contributed by atoms with Gasteiger partial charge in [-0.1, -0.05) is 31.2 Å². The Morgan fingerprint density at radius 3 is 2.83 bits per heavy atom. The number of aldehydes is 1. The maximum Gasteiger partial charge on any atom is 0.172 e. The minimum atomic E-state index is 0.467. The Labute approximate surface area is 137 Å². The Hall–Kier alpha value is -2.17. The molecule has 0 amide bonds. The predicted molar refractivity (Wildman–Crippen MR) is 89.9 cm³/mol. The molecule has 5 nitrogen and oxygen atoms in total. The van der Waals surface area contributed by atoms with Gasteiger partial charge >= 0.3 is 0 Å². The number of benzene rings is 1. The first-order valence-corrected chi connectivity index (χ1v) is 8.17. The lowest BCUT2D eigenvalue weighted by molar-refractivity contribution is 0.111. The van der Waals surface area contributed by atoms with Gasteiger partial charge in [-0.3, -0.25) is 4.79 Å². The van der Waals surface area contributed by atoms with Crippen LogP contribution in [0.4, 0.5) is 0 Å². The molecule has 0 atom stereocenters. The van der Waals surface area contributed by atoms with Crippen molar-refractivity contribution in [1.29, 1.82) is 0 Å². The fourth-order valence-corrected chi connectivity index (χ4v) is 2.47. The average Bonchev–Trinajstić information content (AvgIpc) is 2.88. The van der Waals surface area contributed by atoms with Crippen LogP contribution in [0.2, 0.25) is 0 Å². The number of hydrogen-bond donors (Lipinski definition) is 0. The lowest BCUT2D eigenvalue weighted by Gasteiger charge is -2.10. The summed E-state index contributed by atoms with van der Waals surface area (Å²) in [4.78, 5) is 11.0. The van der Waals surface area contributed by atoms with Gasteiger partial charge in [0, 0.05) is 6.54 Å². The zero-order valence-corrected chi connectivity index (χ0v) is 14.2. The Balaban J connectivity index is 1.80. The van der Waals surface area contributed by atoms with Crippen molar-refractivity contribution in [1.82, 2.24) is 15.0 Å². The molecule has 0 radical (unpaired) electrons. The molecule has 0 aliphatic rings. The molecule has 1 aromatic carbocycles. The number of carbonyl (C=O) groups excluding carboxylic acids is 1. The van der Waals surface area contributed by atoms with E-state index in [1.165, 1.54) is 5.56 Å². The predicted octanol–water partition coefficient (Wildman–Crippen LogP) is 3.46. The zero-order chi connectivity index (χ0) is 16.7. The van der Waals surface area contributed by atoms with E-state index in [-0.39, 0.29) is 0 Å². The van der Waals surface area contributed by atoms with E-state index >= 15 is 0 Å². The summed E-state index contributed by atoms with van der Waals surface area (Å²) in [7, 11) is 0. The molecule has 0 bridgehead atoms. The van der Waals surface area contributed by atoms with E-state index in [1.807, 2.05) is 22.9 Å². The Morgan fingerprint density at radius 1 is 1.30 bits per heavy atom. The Morgan fingerprint density at radius 2 is 2.13 bits per heavy atom. The van der Waals surface area contributed by atoms with Crippen LogP contribution in [0.25, 0.3) is 0 Å². The Bertz CT molecular complexity index is 635. The second-order valence-corrected chi connectivity index (χ2v) is 6.23. The first-order chi connectivity index (χ1) is 11.1. The molecule has 5 heteroatoms. The van der Waals surface area contributed by atoms with Crippen molar-refractivity contribution in [2.45, 2.75) is 46.6 Å². The highest BCUT2D eigenvalue weighted by Gasteiger charge is 2.13. The van der Waals surface area contributed by atoms with E-state index in [0.717, 1.165) is 43.5 Å². The van der Waals surface area contributed by atoms with Crippen LogP contribution in [-0.2, 0) is 13.0 Å². The van der Waals surface area contributed by atoms with Gasteiger partial charge < -0.3 is 4.74 Å². The smallest absolute Gasteiger partial charge is 0.172 e. The number of nitrogens with zero attached hydrogens (tertiary/aromatic N) is 3. The van der Waals surface area contributed by atoms with E-state index < -0.39 is 0 Å². The largest absolute Gasteiger partial charge is 0.494 e. The molecule has 0 aliphatic carbocycles. The topological polar surface area (TPSA) is 57.0 Å². The molecule has 2 aromatic rings. The van der Waals surface area contributed by atoms with Gasteiger partial charge in [0.2, 0.25) is 0 Å². The SMILES string of the molecule is Cc1cccc(OCCCCn2nnc(C=O)c2CC(C)C)c1. The first-order valence-electron chi connectivity index (χ1n) is 8.17. The highest BCUT2D eigenvalue weighted by Crippen LogP contribution is 2.14. The number of carbonyl (C=O) groups is 1. The maximum atomic E-state index is 11.0. The fraction of sp³-hybridized carbons (Fsp3) is 0.500. The molecule has 23 heavy (non-hydrogen) atoms. The van der Waals surface area contributed by atoms with Gasteiger partial charge in [-0.25, -0.2) is 4.68 Å². The van der Waals surface area contributed by atoms with Gasteiger partial charge in [0.05, 0.1) is 12.3 Å². The van der Waals surface area contributed by atoms with Crippen LogP contribution in [0.1, 0.15) is 48.4 Å². The molecule has 0 saturated carbocycles. The lowest BCUT2D eigenvalue weighted by Crippen LogP contribution is -2.10. The molecular formula is C18H25N3O2. The molecule has 0 unspecified atom stereocenters. The number of ether oxygens (including phenoxy) is 1.